The zero-order valence-corrected chi connectivity index (χ0v) is 22.5. The summed E-state index contributed by atoms with van der Waals surface area (Å²) >= 11 is 0.678. The molecule has 0 saturated carbocycles. The number of aliphatic hydroxyl groups is 1. The number of aliphatic hydroxyl groups excluding tert-OH is 1. The smallest absolute Gasteiger partial charge is 0.485 e. The molecule has 3 heterocycles. The van der Waals surface area contributed by atoms with Gasteiger partial charge in [0.25, 0.3) is 5.56 Å². The van der Waals surface area contributed by atoms with Crippen LogP contribution in [0.3, 0.4) is 0 Å². The molecule has 0 aliphatic rings. The Balaban J connectivity index is 1.54. The minimum absolute atomic E-state index is 0.0721. The summed E-state index contributed by atoms with van der Waals surface area (Å²) in [4.78, 5) is 30.8. The summed E-state index contributed by atoms with van der Waals surface area (Å²) in [6, 6.07) is 9.33. The van der Waals surface area contributed by atoms with Gasteiger partial charge in [-0.25, -0.2) is 9.18 Å². The number of halogens is 7. The number of fused-ring (bicyclic) bond motifs is 2. The Hall–Kier alpha value is -4.44. The van der Waals surface area contributed by atoms with Gasteiger partial charge in [-0.2, -0.15) is 13.2 Å². The third-order valence-corrected chi connectivity index (χ3v) is 7.71. The molecule has 2 N–H and O–H groups in total. The second kappa shape index (κ2) is 11.0. The molecule has 3 aromatic heterocycles. The Morgan fingerprint density at radius 2 is 1.81 bits per heavy atom. The van der Waals surface area contributed by atoms with Gasteiger partial charge in [-0.15, -0.1) is 24.5 Å². The Labute approximate surface area is 239 Å². The number of hydrogen-bond acceptors (Lipinski definition) is 7. The average Bonchev–Trinajstić information content (AvgIpc) is 3.26. The van der Waals surface area contributed by atoms with Crippen LogP contribution in [-0.2, 0) is 13.2 Å². The van der Waals surface area contributed by atoms with Crippen LogP contribution in [0.5, 0.6) is 11.5 Å². The number of aryl methyl sites for hydroxylation is 1. The van der Waals surface area contributed by atoms with Gasteiger partial charge in [0.05, 0.1) is 11.9 Å². The van der Waals surface area contributed by atoms with Gasteiger partial charge >= 0.3 is 18.2 Å². The van der Waals surface area contributed by atoms with Crippen LogP contribution in [-0.4, -0.2) is 38.3 Å². The highest BCUT2D eigenvalue weighted by Crippen LogP contribution is 2.41. The number of aromatic amines is 1. The first-order valence-corrected chi connectivity index (χ1v) is 13.0. The lowest BCUT2D eigenvalue weighted by molar-refractivity contribution is -0.275. The van der Waals surface area contributed by atoms with Gasteiger partial charge in [0.15, 0.2) is 17.6 Å². The summed E-state index contributed by atoms with van der Waals surface area (Å²) in [6.07, 6.45) is -11.8. The molecule has 43 heavy (non-hydrogen) atoms. The van der Waals surface area contributed by atoms with E-state index >= 15 is 0 Å². The maximum Gasteiger partial charge on any atom is 0.573 e. The van der Waals surface area contributed by atoms with Gasteiger partial charge in [0.2, 0.25) is 0 Å². The van der Waals surface area contributed by atoms with Crippen molar-refractivity contribution in [2.75, 3.05) is 0 Å². The van der Waals surface area contributed by atoms with Crippen molar-refractivity contribution < 1.29 is 45.3 Å². The Morgan fingerprint density at radius 1 is 1.07 bits per heavy atom. The predicted octanol–water partition coefficient (Wildman–Crippen LogP) is 5.81. The molecular formula is C27H18F7N3O5S. The maximum atomic E-state index is 13.9. The zero-order valence-electron chi connectivity index (χ0n) is 21.6. The minimum Gasteiger partial charge on any atom is -0.485 e. The summed E-state index contributed by atoms with van der Waals surface area (Å²) in [7, 11) is 0. The van der Waals surface area contributed by atoms with E-state index in [0.717, 1.165) is 6.07 Å². The molecule has 0 radical (unpaired) electrons. The van der Waals surface area contributed by atoms with Gasteiger partial charge < -0.3 is 14.6 Å². The summed E-state index contributed by atoms with van der Waals surface area (Å²) in [5.74, 6) is -1.64. The zero-order chi connectivity index (χ0) is 31.3. The van der Waals surface area contributed by atoms with E-state index in [2.05, 4.69) is 9.72 Å². The van der Waals surface area contributed by atoms with Crippen LogP contribution >= 0.6 is 11.3 Å². The van der Waals surface area contributed by atoms with Crippen molar-refractivity contribution in [3.05, 3.63) is 86.4 Å². The molecule has 0 saturated heterocycles. The number of thiophene rings is 1. The van der Waals surface area contributed by atoms with E-state index in [-0.39, 0.29) is 44.1 Å². The second-order valence-corrected chi connectivity index (χ2v) is 10.3. The standard InChI is InChI=1S/C27H18F7N3O5S/c1-12-20-23(39)36-25(40)37(10-19(38)26(29,30)31)24(20)43-22(12)15-5-6-17(18(8-15)42-27(32,33)34)41-11-13-7-14-3-2-4-16(28)21(14)35-9-13/h2-9,19,38H,10-11H2,1H3,(H,36,39,40)/t19-/m1/s1. The number of benzene rings is 2. The van der Waals surface area contributed by atoms with Crippen LogP contribution < -0.4 is 20.7 Å². The molecule has 0 amide bonds. The summed E-state index contributed by atoms with van der Waals surface area (Å²) < 4.78 is 103. The Morgan fingerprint density at radius 3 is 2.51 bits per heavy atom. The quantitative estimate of drug-likeness (QED) is 0.220. The lowest BCUT2D eigenvalue weighted by Crippen LogP contribution is -2.38. The minimum atomic E-state index is -5.14. The van der Waals surface area contributed by atoms with Gasteiger partial charge in [-0.3, -0.25) is 19.3 Å². The molecule has 0 unspecified atom stereocenters. The highest BCUT2D eigenvalue weighted by atomic mass is 32.1. The molecule has 0 bridgehead atoms. The SMILES string of the molecule is Cc1c(-c2ccc(OCc3cnc4c(F)cccc4c3)c(OC(F)(F)F)c2)sc2c1c(=O)[nH]c(=O)n2C[C@@H](O)C(F)(F)F. The number of ether oxygens (including phenoxy) is 2. The van der Waals surface area contributed by atoms with Crippen molar-refractivity contribution in [1.29, 1.82) is 0 Å². The molecule has 0 aliphatic carbocycles. The van der Waals surface area contributed by atoms with Crippen molar-refractivity contribution in [3.63, 3.8) is 0 Å². The average molecular weight is 630 g/mol. The number of H-pyrrole nitrogens is 1. The molecule has 0 aliphatic heterocycles. The van der Waals surface area contributed by atoms with E-state index in [1.807, 2.05) is 4.98 Å². The van der Waals surface area contributed by atoms with Crippen molar-refractivity contribution in [2.24, 2.45) is 0 Å². The molecule has 226 valence electrons. The normalized spacial score (nSPS) is 13.0. The molecule has 0 spiro atoms. The third-order valence-electron chi connectivity index (χ3n) is 6.34. The van der Waals surface area contributed by atoms with E-state index in [0.29, 0.717) is 26.9 Å². The summed E-state index contributed by atoms with van der Waals surface area (Å²) in [5, 5.41) is 9.80. The van der Waals surface area contributed by atoms with E-state index in [4.69, 9.17) is 4.74 Å². The van der Waals surface area contributed by atoms with Crippen LogP contribution in [0.2, 0.25) is 0 Å². The first-order chi connectivity index (χ1) is 20.1. The lowest BCUT2D eigenvalue weighted by Gasteiger charge is -2.16. The number of aromatic nitrogens is 3. The monoisotopic (exact) mass is 629 g/mol. The van der Waals surface area contributed by atoms with Crippen LogP contribution in [0, 0.1) is 12.7 Å². The molecule has 2 aromatic carbocycles. The van der Waals surface area contributed by atoms with Crippen molar-refractivity contribution in [3.8, 4) is 21.9 Å². The molecule has 16 heteroatoms. The van der Waals surface area contributed by atoms with Crippen molar-refractivity contribution in [1.82, 2.24) is 14.5 Å². The van der Waals surface area contributed by atoms with Crippen molar-refractivity contribution in [2.45, 2.75) is 38.7 Å². The number of hydrogen-bond donors (Lipinski definition) is 2. The fraction of sp³-hybridized carbons (Fsp3) is 0.222. The molecule has 0 fully saturated rings. The number of nitrogens with zero attached hydrogens (tertiary/aromatic N) is 2. The second-order valence-electron chi connectivity index (χ2n) is 9.32. The van der Waals surface area contributed by atoms with E-state index in [9.17, 15) is 45.4 Å². The fourth-order valence-electron chi connectivity index (χ4n) is 4.37. The fourth-order valence-corrected chi connectivity index (χ4v) is 5.68. The summed E-state index contributed by atoms with van der Waals surface area (Å²) in [6.45, 7) is -0.0821. The van der Waals surface area contributed by atoms with Gasteiger partial charge in [0.1, 0.15) is 22.8 Å². The highest BCUT2D eigenvalue weighted by molar-refractivity contribution is 7.22. The van der Waals surface area contributed by atoms with Crippen LogP contribution in [0.1, 0.15) is 11.1 Å². The summed E-state index contributed by atoms with van der Waals surface area (Å²) in [5.41, 5.74) is -1.37. The number of pyridine rings is 1. The van der Waals surface area contributed by atoms with Gasteiger partial charge in [0, 0.05) is 22.0 Å². The van der Waals surface area contributed by atoms with E-state index in [1.54, 1.807) is 12.1 Å². The number of nitrogens with one attached hydrogen (secondary N) is 1. The van der Waals surface area contributed by atoms with Gasteiger partial charge in [-0.1, -0.05) is 12.1 Å². The van der Waals surface area contributed by atoms with Crippen LogP contribution in [0.15, 0.2) is 58.3 Å². The Bertz CT molecular complexity index is 1960. The van der Waals surface area contributed by atoms with Crippen LogP contribution in [0.4, 0.5) is 30.7 Å². The first kappa shape index (κ1) is 30.0. The molecule has 5 aromatic rings. The molecular weight excluding hydrogens is 611 g/mol. The molecule has 8 nitrogen and oxygen atoms in total. The maximum absolute atomic E-state index is 13.9. The van der Waals surface area contributed by atoms with Crippen molar-refractivity contribution >= 4 is 32.5 Å². The predicted molar refractivity (Wildman–Crippen MR) is 142 cm³/mol. The third kappa shape index (κ3) is 6.19. The first-order valence-electron chi connectivity index (χ1n) is 12.2. The van der Waals surface area contributed by atoms with Gasteiger partial charge in [-0.05, 0) is 48.4 Å². The van der Waals surface area contributed by atoms with E-state index in [1.165, 1.54) is 37.4 Å². The molecule has 1 atom stereocenters. The van der Waals surface area contributed by atoms with E-state index < -0.39 is 48.0 Å². The number of alkyl halides is 6. The molecule has 5 rings (SSSR count). The Kier molecular flexibility index (Phi) is 7.68. The topological polar surface area (TPSA) is 106 Å². The lowest BCUT2D eigenvalue weighted by atomic mass is 10.1. The number of rotatable bonds is 7. The largest absolute Gasteiger partial charge is 0.573 e. The van der Waals surface area contributed by atoms with Crippen LogP contribution in [0.25, 0.3) is 31.6 Å². The number of para-hydroxylation sites is 1. The highest BCUT2D eigenvalue weighted by Gasteiger charge is 2.39.